The van der Waals surface area contributed by atoms with Gasteiger partial charge in [0.25, 0.3) is 0 Å². The lowest BCUT2D eigenvalue weighted by Gasteiger charge is -2.17. The third kappa shape index (κ3) is 6.01. The summed E-state index contributed by atoms with van der Waals surface area (Å²) < 4.78 is 10.5. The molecular weight excluding hydrogens is 358 g/mol. The number of carboxylic acid groups (broad SMARTS) is 1. The van der Waals surface area contributed by atoms with Gasteiger partial charge < -0.3 is 19.9 Å². The van der Waals surface area contributed by atoms with Crippen LogP contribution >= 0.6 is 0 Å². The molecule has 2 rings (SSSR count). The summed E-state index contributed by atoms with van der Waals surface area (Å²) in [5, 5.41) is 12.2. The molecule has 0 fully saturated rings. The van der Waals surface area contributed by atoms with Crippen LogP contribution in [0, 0.1) is 11.8 Å². The van der Waals surface area contributed by atoms with Crippen molar-refractivity contribution in [3.05, 3.63) is 59.7 Å². The van der Waals surface area contributed by atoms with Crippen molar-refractivity contribution >= 4 is 11.9 Å². The Balaban J connectivity index is 1.92. The van der Waals surface area contributed by atoms with Gasteiger partial charge >= 0.3 is 5.97 Å². The molecule has 2 atom stereocenters. The molecule has 0 aliphatic heterocycles. The van der Waals surface area contributed by atoms with Gasteiger partial charge in [-0.1, -0.05) is 43.3 Å². The van der Waals surface area contributed by atoms with E-state index in [2.05, 4.69) is 5.32 Å². The number of nitrogens with one attached hydrogen (secondary N) is 1. The normalized spacial score (nSPS) is 12.7. The van der Waals surface area contributed by atoms with Gasteiger partial charge in [0.1, 0.15) is 0 Å². The van der Waals surface area contributed by atoms with E-state index in [0.717, 1.165) is 11.1 Å². The van der Waals surface area contributed by atoms with Gasteiger partial charge in [0.2, 0.25) is 5.91 Å². The summed E-state index contributed by atoms with van der Waals surface area (Å²) in [4.78, 5) is 24.0. The Morgan fingerprint density at radius 3 is 2.25 bits per heavy atom. The van der Waals surface area contributed by atoms with Crippen LogP contribution in [0.4, 0.5) is 0 Å². The van der Waals surface area contributed by atoms with E-state index in [1.165, 1.54) is 0 Å². The highest BCUT2D eigenvalue weighted by Crippen LogP contribution is 2.28. The van der Waals surface area contributed by atoms with Crippen molar-refractivity contribution in [3.63, 3.8) is 0 Å². The molecule has 0 aliphatic rings. The fourth-order valence-electron chi connectivity index (χ4n) is 3.00. The monoisotopic (exact) mass is 385 g/mol. The van der Waals surface area contributed by atoms with Gasteiger partial charge in [-0.3, -0.25) is 9.59 Å². The van der Waals surface area contributed by atoms with E-state index in [-0.39, 0.29) is 18.4 Å². The molecular formula is C22H27NO5. The van der Waals surface area contributed by atoms with Gasteiger partial charge in [-0.05, 0) is 36.1 Å². The fourth-order valence-corrected chi connectivity index (χ4v) is 3.00. The zero-order chi connectivity index (χ0) is 20.5. The van der Waals surface area contributed by atoms with E-state index in [1.807, 2.05) is 49.4 Å². The topological polar surface area (TPSA) is 84.9 Å². The van der Waals surface area contributed by atoms with Gasteiger partial charge in [-0.2, -0.15) is 0 Å². The number of hydrogen-bond acceptors (Lipinski definition) is 4. The molecule has 2 N–H and O–H groups in total. The first-order chi connectivity index (χ1) is 13.4. The second kappa shape index (κ2) is 10.3. The van der Waals surface area contributed by atoms with E-state index in [1.54, 1.807) is 20.3 Å². The Labute approximate surface area is 165 Å². The minimum absolute atomic E-state index is 0.0966. The number of rotatable bonds is 10. The van der Waals surface area contributed by atoms with Gasteiger partial charge in [0.05, 0.1) is 20.1 Å². The van der Waals surface area contributed by atoms with Crippen LogP contribution < -0.4 is 14.8 Å². The first kappa shape index (κ1) is 21.3. The van der Waals surface area contributed by atoms with Gasteiger partial charge in [-0.25, -0.2) is 0 Å². The molecule has 2 unspecified atom stereocenters. The largest absolute Gasteiger partial charge is 0.493 e. The van der Waals surface area contributed by atoms with Crippen molar-refractivity contribution in [1.82, 2.24) is 5.32 Å². The molecule has 0 saturated carbocycles. The fraction of sp³-hybridized carbons (Fsp3) is 0.364. The molecule has 0 heterocycles. The molecule has 2 aromatic rings. The minimum Gasteiger partial charge on any atom is -0.493 e. The van der Waals surface area contributed by atoms with Crippen LogP contribution in [0.5, 0.6) is 11.5 Å². The van der Waals surface area contributed by atoms with E-state index in [9.17, 15) is 14.7 Å². The Morgan fingerprint density at radius 2 is 1.64 bits per heavy atom. The molecule has 0 radical (unpaired) electrons. The second-order valence-electron chi connectivity index (χ2n) is 6.76. The highest BCUT2D eigenvalue weighted by atomic mass is 16.5. The first-order valence-electron chi connectivity index (χ1n) is 9.20. The maximum atomic E-state index is 12.4. The van der Waals surface area contributed by atoms with Crippen molar-refractivity contribution in [2.45, 2.75) is 19.8 Å². The molecule has 6 heteroatoms. The molecule has 28 heavy (non-hydrogen) atoms. The summed E-state index contributed by atoms with van der Waals surface area (Å²) in [6, 6.07) is 14.9. The average molecular weight is 385 g/mol. The molecule has 1 amide bonds. The maximum absolute atomic E-state index is 12.4. The number of carboxylic acids is 1. The quantitative estimate of drug-likeness (QED) is 0.657. The zero-order valence-corrected chi connectivity index (χ0v) is 16.5. The predicted octanol–water partition coefficient (Wildman–Crippen LogP) is 2.94. The smallest absolute Gasteiger partial charge is 0.308 e. The standard InChI is InChI=1S/C22H27NO5/c1-15(11-17-9-10-19(27-2)20(13-17)28-3)21(24)23-14-18(22(25)26)12-16-7-5-4-6-8-16/h4-10,13,15,18H,11-12,14H2,1-3H3,(H,23,24)(H,25,26). The summed E-state index contributed by atoms with van der Waals surface area (Å²) in [5.74, 6) is -0.815. The Hall–Kier alpha value is -3.02. The Kier molecular flexibility index (Phi) is 7.87. The van der Waals surface area contributed by atoms with E-state index in [0.29, 0.717) is 24.3 Å². The number of carbonyl (C=O) groups excluding carboxylic acids is 1. The van der Waals surface area contributed by atoms with Crippen LogP contribution in [0.3, 0.4) is 0 Å². The van der Waals surface area contributed by atoms with Crippen LogP contribution in [-0.4, -0.2) is 37.7 Å². The van der Waals surface area contributed by atoms with E-state index >= 15 is 0 Å². The Bertz CT molecular complexity index is 791. The molecule has 6 nitrogen and oxygen atoms in total. The number of amides is 1. The second-order valence-corrected chi connectivity index (χ2v) is 6.76. The molecule has 0 bridgehead atoms. The summed E-state index contributed by atoms with van der Waals surface area (Å²) in [7, 11) is 3.14. The highest BCUT2D eigenvalue weighted by molar-refractivity contribution is 5.79. The number of benzene rings is 2. The lowest BCUT2D eigenvalue weighted by atomic mass is 9.97. The number of carbonyl (C=O) groups is 2. The number of ether oxygens (including phenoxy) is 2. The zero-order valence-electron chi connectivity index (χ0n) is 16.5. The molecule has 0 spiro atoms. The molecule has 0 saturated heterocycles. The van der Waals surface area contributed by atoms with Crippen LogP contribution in [0.15, 0.2) is 48.5 Å². The van der Waals surface area contributed by atoms with Crippen molar-refractivity contribution < 1.29 is 24.2 Å². The SMILES string of the molecule is COc1ccc(CC(C)C(=O)NCC(Cc2ccccc2)C(=O)O)cc1OC. The van der Waals surface area contributed by atoms with Crippen LogP contribution in [0.2, 0.25) is 0 Å². The van der Waals surface area contributed by atoms with E-state index in [4.69, 9.17) is 9.47 Å². The van der Waals surface area contributed by atoms with Crippen molar-refractivity contribution in [3.8, 4) is 11.5 Å². The number of aliphatic carboxylic acids is 1. The maximum Gasteiger partial charge on any atom is 0.308 e. The molecule has 2 aromatic carbocycles. The lowest BCUT2D eigenvalue weighted by Crippen LogP contribution is -2.37. The van der Waals surface area contributed by atoms with Gasteiger partial charge in [0, 0.05) is 12.5 Å². The third-order valence-electron chi connectivity index (χ3n) is 4.63. The Morgan fingerprint density at radius 1 is 0.964 bits per heavy atom. The van der Waals surface area contributed by atoms with Gasteiger partial charge in [0.15, 0.2) is 11.5 Å². The predicted molar refractivity (Wildman–Crippen MR) is 107 cm³/mol. The summed E-state index contributed by atoms with van der Waals surface area (Å²) in [6.45, 7) is 1.92. The number of methoxy groups -OCH3 is 2. The number of hydrogen-bond donors (Lipinski definition) is 2. The van der Waals surface area contributed by atoms with Gasteiger partial charge in [-0.15, -0.1) is 0 Å². The lowest BCUT2D eigenvalue weighted by molar-refractivity contribution is -0.141. The minimum atomic E-state index is -0.920. The summed E-state index contributed by atoms with van der Waals surface area (Å²) in [6.07, 6.45) is 0.892. The van der Waals surface area contributed by atoms with Crippen LogP contribution in [-0.2, 0) is 22.4 Å². The average Bonchev–Trinajstić information content (AvgIpc) is 2.71. The van der Waals surface area contributed by atoms with Crippen LogP contribution in [0.1, 0.15) is 18.1 Å². The van der Waals surface area contributed by atoms with Crippen molar-refractivity contribution in [1.29, 1.82) is 0 Å². The molecule has 150 valence electrons. The molecule has 0 aromatic heterocycles. The van der Waals surface area contributed by atoms with Crippen molar-refractivity contribution in [2.24, 2.45) is 11.8 Å². The summed E-state index contributed by atoms with van der Waals surface area (Å²) in [5.41, 5.74) is 1.88. The van der Waals surface area contributed by atoms with Crippen LogP contribution in [0.25, 0.3) is 0 Å². The molecule has 0 aliphatic carbocycles. The highest BCUT2D eigenvalue weighted by Gasteiger charge is 2.21. The first-order valence-corrected chi connectivity index (χ1v) is 9.20. The summed E-state index contributed by atoms with van der Waals surface area (Å²) >= 11 is 0. The van der Waals surface area contributed by atoms with E-state index < -0.39 is 11.9 Å². The van der Waals surface area contributed by atoms with Crippen molar-refractivity contribution in [2.75, 3.05) is 20.8 Å². The third-order valence-corrected chi connectivity index (χ3v) is 4.63.